The van der Waals surface area contributed by atoms with Crippen LogP contribution in [0.1, 0.15) is 44.2 Å². The smallest absolute Gasteiger partial charge is 0.0841 e. The predicted octanol–water partition coefficient (Wildman–Crippen LogP) is 3.55. The second-order valence-corrected chi connectivity index (χ2v) is 6.11. The number of nitrogens with zero attached hydrogens (tertiary/aromatic N) is 1. The molecule has 1 aromatic carbocycles. The summed E-state index contributed by atoms with van der Waals surface area (Å²) in [7, 11) is 0. The molecule has 0 radical (unpaired) electrons. The normalized spacial score (nSPS) is 18.0. The van der Waals surface area contributed by atoms with Crippen LogP contribution in [0.15, 0.2) is 18.2 Å². The summed E-state index contributed by atoms with van der Waals surface area (Å²) in [6.07, 6.45) is 3.93. The molecule has 1 aromatic rings. The summed E-state index contributed by atoms with van der Waals surface area (Å²) in [5, 5.41) is 10.7. The van der Waals surface area contributed by atoms with Crippen LogP contribution in [0.5, 0.6) is 0 Å². The van der Waals surface area contributed by atoms with Crippen LogP contribution < -0.4 is 0 Å². The van der Waals surface area contributed by atoms with Crippen LogP contribution in [0.2, 0.25) is 5.02 Å². The van der Waals surface area contributed by atoms with Gasteiger partial charge in [-0.1, -0.05) is 30.2 Å². The second-order valence-electron chi connectivity index (χ2n) is 5.70. The van der Waals surface area contributed by atoms with E-state index in [9.17, 15) is 5.11 Å². The molecule has 0 saturated carbocycles. The largest absolute Gasteiger partial charge is 0.386 e. The summed E-state index contributed by atoms with van der Waals surface area (Å²) >= 11 is 6.32. The fourth-order valence-corrected chi connectivity index (χ4v) is 2.65. The molecule has 0 spiro atoms. The highest BCUT2D eigenvalue weighted by Gasteiger charge is 2.18. The molecule has 1 fully saturated rings. The quantitative estimate of drug-likeness (QED) is 0.905. The third-order valence-electron chi connectivity index (χ3n) is 3.60. The van der Waals surface area contributed by atoms with Crippen LogP contribution in [0.3, 0.4) is 0 Å². The Labute approximate surface area is 115 Å². The van der Waals surface area contributed by atoms with Gasteiger partial charge in [-0.2, -0.15) is 0 Å². The molecule has 0 bridgehead atoms. The van der Waals surface area contributed by atoms with Gasteiger partial charge in [0.2, 0.25) is 0 Å². The number of hydrogen-bond donors (Lipinski definition) is 1. The topological polar surface area (TPSA) is 23.5 Å². The van der Waals surface area contributed by atoms with E-state index in [1.54, 1.807) is 13.8 Å². The lowest BCUT2D eigenvalue weighted by Gasteiger charge is -2.27. The fraction of sp³-hybridized carbons (Fsp3) is 0.600. The monoisotopic (exact) mass is 267 g/mol. The SMILES string of the molecule is CC(C)(O)c1ccc(CN2CCCCC2)c(Cl)c1. The summed E-state index contributed by atoms with van der Waals surface area (Å²) < 4.78 is 0. The van der Waals surface area contributed by atoms with E-state index in [1.165, 1.54) is 32.4 Å². The first-order valence-electron chi connectivity index (χ1n) is 6.70. The number of aliphatic hydroxyl groups is 1. The molecule has 1 N–H and O–H groups in total. The Hall–Kier alpha value is -0.570. The molecule has 2 rings (SSSR count). The molecular formula is C15H22ClNO. The Morgan fingerprint density at radius 1 is 1.22 bits per heavy atom. The highest BCUT2D eigenvalue weighted by atomic mass is 35.5. The average Bonchev–Trinajstić information content (AvgIpc) is 2.32. The van der Waals surface area contributed by atoms with Crippen molar-refractivity contribution in [1.82, 2.24) is 4.90 Å². The Bertz CT molecular complexity index is 405. The second kappa shape index (κ2) is 5.60. The molecule has 1 aliphatic heterocycles. The van der Waals surface area contributed by atoms with Crippen molar-refractivity contribution in [2.45, 2.75) is 45.3 Å². The molecule has 100 valence electrons. The summed E-state index contributed by atoms with van der Waals surface area (Å²) in [6, 6.07) is 5.91. The third kappa shape index (κ3) is 3.47. The van der Waals surface area contributed by atoms with E-state index in [4.69, 9.17) is 11.6 Å². The van der Waals surface area contributed by atoms with Gasteiger partial charge in [0.1, 0.15) is 0 Å². The Kier molecular flexibility index (Phi) is 4.31. The van der Waals surface area contributed by atoms with Gasteiger partial charge in [0.05, 0.1) is 5.60 Å². The number of likely N-dealkylation sites (tertiary alicyclic amines) is 1. The van der Waals surface area contributed by atoms with Crippen molar-refractivity contribution in [1.29, 1.82) is 0 Å². The molecule has 0 atom stereocenters. The van der Waals surface area contributed by atoms with Crippen molar-refractivity contribution >= 4 is 11.6 Å². The van der Waals surface area contributed by atoms with E-state index in [-0.39, 0.29) is 0 Å². The molecular weight excluding hydrogens is 246 g/mol. The minimum atomic E-state index is -0.826. The molecule has 1 heterocycles. The van der Waals surface area contributed by atoms with Crippen LogP contribution in [0, 0.1) is 0 Å². The first kappa shape index (κ1) is 13.9. The van der Waals surface area contributed by atoms with Gasteiger partial charge in [0.15, 0.2) is 0 Å². The molecule has 0 unspecified atom stereocenters. The van der Waals surface area contributed by atoms with Crippen LogP contribution in [-0.4, -0.2) is 23.1 Å². The van der Waals surface area contributed by atoms with Crippen molar-refractivity contribution in [3.63, 3.8) is 0 Å². The van der Waals surface area contributed by atoms with Crippen LogP contribution >= 0.6 is 11.6 Å². The molecule has 0 amide bonds. The van der Waals surface area contributed by atoms with E-state index in [0.717, 1.165) is 22.7 Å². The molecule has 2 nitrogen and oxygen atoms in total. The minimum absolute atomic E-state index is 0.764. The minimum Gasteiger partial charge on any atom is -0.386 e. The van der Waals surface area contributed by atoms with Crippen LogP contribution in [0.4, 0.5) is 0 Å². The van der Waals surface area contributed by atoms with Gasteiger partial charge < -0.3 is 5.11 Å². The zero-order valence-corrected chi connectivity index (χ0v) is 12.0. The van der Waals surface area contributed by atoms with Crippen molar-refractivity contribution in [2.24, 2.45) is 0 Å². The maximum Gasteiger partial charge on any atom is 0.0841 e. The van der Waals surface area contributed by atoms with E-state index >= 15 is 0 Å². The standard InChI is InChI=1S/C15H22ClNO/c1-15(2,18)13-7-6-12(14(16)10-13)11-17-8-4-3-5-9-17/h6-7,10,18H,3-5,8-9,11H2,1-2H3. The first-order chi connectivity index (χ1) is 8.47. The Morgan fingerprint density at radius 3 is 2.44 bits per heavy atom. The molecule has 18 heavy (non-hydrogen) atoms. The van der Waals surface area contributed by atoms with Gasteiger partial charge in [-0.25, -0.2) is 0 Å². The lowest BCUT2D eigenvalue weighted by molar-refractivity contribution is 0.0786. The van der Waals surface area contributed by atoms with Crippen molar-refractivity contribution in [2.75, 3.05) is 13.1 Å². The van der Waals surface area contributed by atoms with Gasteiger partial charge in [-0.15, -0.1) is 0 Å². The molecule has 1 aliphatic rings. The van der Waals surface area contributed by atoms with E-state index in [1.807, 2.05) is 18.2 Å². The first-order valence-corrected chi connectivity index (χ1v) is 7.08. The predicted molar refractivity (Wildman–Crippen MR) is 75.8 cm³/mol. The number of halogens is 1. The van der Waals surface area contributed by atoms with Gasteiger partial charge >= 0.3 is 0 Å². The third-order valence-corrected chi connectivity index (χ3v) is 3.95. The van der Waals surface area contributed by atoms with Gasteiger partial charge in [0, 0.05) is 11.6 Å². The summed E-state index contributed by atoms with van der Waals surface area (Å²) in [4.78, 5) is 2.45. The zero-order valence-electron chi connectivity index (χ0n) is 11.2. The van der Waals surface area contributed by atoms with E-state index in [0.29, 0.717) is 0 Å². The van der Waals surface area contributed by atoms with E-state index in [2.05, 4.69) is 4.90 Å². The lowest BCUT2D eigenvalue weighted by atomic mass is 9.97. The highest BCUT2D eigenvalue weighted by molar-refractivity contribution is 6.31. The average molecular weight is 268 g/mol. The lowest BCUT2D eigenvalue weighted by Crippen LogP contribution is -2.29. The number of piperidine rings is 1. The molecule has 0 aliphatic carbocycles. The van der Waals surface area contributed by atoms with Crippen molar-refractivity contribution < 1.29 is 5.11 Å². The highest BCUT2D eigenvalue weighted by Crippen LogP contribution is 2.26. The maximum atomic E-state index is 9.96. The van der Waals surface area contributed by atoms with Crippen LogP contribution in [0.25, 0.3) is 0 Å². The summed E-state index contributed by atoms with van der Waals surface area (Å²) in [5.74, 6) is 0. The van der Waals surface area contributed by atoms with Gasteiger partial charge in [0.25, 0.3) is 0 Å². The maximum absolute atomic E-state index is 9.96. The van der Waals surface area contributed by atoms with Crippen molar-refractivity contribution in [3.05, 3.63) is 34.3 Å². The molecule has 1 saturated heterocycles. The van der Waals surface area contributed by atoms with E-state index < -0.39 is 5.60 Å². The van der Waals surface area contributed by atoms with Crippen molar-refractivity contribution in [3.8, 4) is 0 Å². The Morgan fingerprint density at radius 2 is 1.89 bits per heavy atom. The number of hydrogen-bond acceptors (Lipinski definition) is 2. The Balaban J connectivity index is 2.09. The number of benzene rings is 1. The van der Waals surface area contributed by atoms with Crippen LogP contribution in [-0.2, 0) is 12.1 Å². The van der Waals surface area contributed by atoms with Gasteiger partial charge in [-0.3, -0.25) is 4.90 Å². The summed E-state index contributed by atoms with van der Waals surface area (Å²) in [6.45, 7) is 6.82. The number of rotatable bonds is 3. The zero-order chi connectivity index (χ0) is 13.2. The molecule has 0 aromatic heterocycles. The van der Waals surface area contributed by atoms with Gasteiger partial charge in [-0.05, 0) is 57.0 Å². The summed E-state index contributed by atoms with van der Waals surface area (Å²) in [5.41, 5.74) is 1.20. The molecule has 3 heteroatoms. The fourth-order valence-electron chi connectivity index (χ4n) is 2.41.